The summed E-state index contributed by atoms with van der Waals surface area (Å²) in [7, 11) is 4.55. The van der Waals surface area contributed by atoms with Crippen LogP contribution in [0.3, 0.4) is 0 Å². The number of nitrogens with one attached hydrogen (secondary N) is 1. The first-order valence-corrected chi connectivity index (χ1v) is 6.22. The zero-order valence-corrected chi connectivity index (χ0v) is 12.1. The second kappa shape index (κ2) is 5.88. The molecule has 2 rings (SSSR count). The van der Waals surface area contributed by atoms with Crippen molar-refractivity contribution in [3.63, 3.8) is 0 Å². The molecule has 2 aromatic carbocycles. The zero-order chi connectivity index (χ0) is 14.7. The first-order valence-electron chi connectivity index (χ1n) is 5.84. The minimum atomic E-state index is -0.571. The van der Waals surface area contributed by atoms with E-state index in [1.807, 2.05) is 0 Å². The van der Waals surface area contributed by atoms with Gasteiger partial charge in [0.05, 0.1) is 14.2 Å². The molecule has 2 aromatic rings. The van der Waals surface area contributed by atoms with E-state index in [1.54, 1.807) is 31.4 Å². The van der Waals surface area contributed by atoms with E-state index in [-0.39, 0.29) is 0 Å². The van der Waals surface area contributed by atoms with Gasteiger partial charge in [-0.15, -0.1) is 0 Å². The van der Waals surface area contributed by atoms with Gasteiger partial charge in [-0.05, 0) is 18.2 Å². The van der Waals surface area contributed by atoms with Gasteiger partial charge < -0.3 is 19.5 Å². The van der Waals surface area contributed by atoms with Crippen molar-refractivity contribution in [1.29, 1.82) is 0 Å². The average Bonchev–Trinajstić information content (AvgIpc) is 2.46. The molecule has 0 aliphatic rings. The van der Waals surface area contributed by atoms with Crippen LogP contribution in [0, 0.1) is 0 Å². The van der Waals surface area contributed by atoms with Gasteiger partial charge in [-0.25, -0.2) is 4.79 Å². The third-order valence-electron chi connectivity index (χ3n) is 2.81. The molecule has 0 unspecified atom stereocenters. The summed E-state index contributed by atoms with van der Waals surface area (Å²) in [6.07, 6.45) is -0.571. The average molecular weight is 296 g/mol. The summed E-state index contributed by atoms with van der Waals surface area (Å²) < 4.78 is 15.8. The molecule has 0 atom stereocenters. The molecule has 0 aromatic heterocycles. The number of hydrogen-bond acceptors (Lipinski definition) is 4. The van der Waals surface area contributed by atoms with E-state index in [9.17, 15) is 4.79 Å². The first-order chi connectivity index (χ1) is 9.60. The van der Waals surface area contributed by atoms with Crippen molar-refractivity contribution in [2.45, 2.75) is 0 Å². The van der Waals surface area contributed by atoms with Crippen molar-refractivity contribution in [2.75, 3.05) is 21.3 Å². The molecule has 106 valence electrons. The number of methoxy groups -OCH3 is 2. The lowest BCUT2D eigenvalue weighted by Crippen LogP contribution is -2.22. The van der Waals surface area contributed by atoms with Crippen LogP contribution in [0.2, 0.25) is 5.02 Å². The minimum Gasteiger partial charge on any atom is -0.493 e. The quantitative estimate of drug-likeness (QED) is 0.944. The number of rotatable bonds is 3. The monoisotopic (exact) mass is 295 g/mol. The van der Waals surface area contributed by atoms with Gasteiger partial charge in [0.25, 0.3) is 0 Å². The highest BCUT2D eigenvalue weighted by molar-refractivity contribution is 6.31. The molecule has 0 spiro atoms. The van der Waals surface area contributed by atoms with Crippen LogP contribution >= 0.6 is 11.6 Å². The van der Waals surface area contributed by atoms with Gasteiger partial charge in [0.15, 0.2) is 11.5 Å². The van der Waals surface area contributed by atoms with Crippen LogP contribution in [0.15, 0.2) is 24.3 Å². The summed E-state index contributed by atoms with van der Waals surface area (Å²) in [5.41, 5.74) is 0. The van der Waals surface area contributed by atoms with Gasteiger partial charge in [0.2, 0.25) is 0 Å². The maximum Gasteiger partial charge on any atom is 0.412 e. The second-order valence-corrected chi connectivity index (χ2v) is 4.38. The molecule has 0 aliphatic carbocycles. The Morgan fingerprint density at radius 3 is 2.45 bits per heavy atom. The van der Waals surface area contributed by atoms with Crippen molar-refractivity contribution in [2.24, 2.45) is 0 Å². The van der Waals surface area contributed by atoms with E-state index >= 15 is 0 Å². The lowest BCUT2D eigenvalue weighted by Gasteiger charge is -2.14. The third-order valence-corrected chi connectivity index (χ3v) is 3.04. The number of carbonyl (C=O) groups excluding carboxylic acids is 1. The summed E-state index contributed by atoms with van der Waals surface area (Å²) in [5, 5.41) is 4.34. The Bertz CT molecular complexity index is 657. The van der Waals surface area contributed by atoms with E-state index < -0.39 is 6.09 Å². The van der Waals surface area contributed by atoms with Crippen LogP contribution < -0.4 is 19.5 Å². The fraction of sp³-hybridized carbons (Fsp3) is 0.214. The van der Waals surface area contributed by atoms with Gasteiger partial charge in [-0.3, -0.25) is 0 Å². The Morgan fingerprint density at radius 1 is 1.10 bits per heavy atom. The molecule has 0 heterocycles. The van der Waals surface area contributed by atoms with E-state index in [2.05, 4.69) is 5.32 Å². The van der Waals surface area contributed by atoms with Gasteiger partial charge in [-0.1, -0.05) is 11.6 Å². The van der Waals surface area contributed by atoms with Crippen molar-refractivity contribution < 1.29 is 19.0 Å². The number of amides is 1. The van der Waals surface area contributed by atoms with Crippen molar-refractivity contribution >= 4 is 28.5 Å². The molecule has 0 radical (unpaired) electrons. The molecule has 20 heavy (non-hydrogen) atoms. The Morgan fingerprint density at radius 2 is 1.85 bits per heavy atom. The molecule has 0 fully saturated rings. The highest BCUT2D eigenvalue weighted by atomic mass is 35.5. The van der Waals surface area contributed by atoms with Crippen LogP contribution in [0.1, 0.15) is 0 Å². The van der Waals surface area contributed by atoms with Crippen LogP contribution in [-0.4, -0.2) is 27.4 Å². The summed E-state index contributed by atoms with van der Waals surface area (Å²) >= 11 is 6.00. The smallest absolute Gasteiger partial charge is 0.412 e. The maximum absolute atomic E-state index is 11.4. The van der Waals surface area contributed by atoms with Crippen molar-refractivity contribution in [3.8, 4) is 17.2 Å². The molecule has 0 aliphatic heterocycles. The van der Waals surface area contributed by atoms with Crippen LogP contribution in [-0.2, 0) is 0 Å². The number of hydrogen-bond donors (Lipinski definition) is 1. The molecule has 0 saturated carbocycles. The lowest BCUT2D eigenvalue weighted by atomic mass is 10.1. The summed E-state index contributed by atoms with van der Waals surface area (Å²) in [6.45, 7) is 0. The van der Waals surface area contributed by atoms with Gasteiger partial charge >= 0.3 is 6.09 Å². The minimum absolute atomic E-state index is 0.347. The number of carbonyl (C=O) groups is 1. The molecular formula is C14H14ClNO4. The second-order valence-electron chi connectivity index (χ2n) is 3.94. The maximum atomic E-state index is 11.4. The van der Waals surface area contributed by atoms with Crippen LogP contribution in [0.5, 0.6) is 17.2 Å². The molecular weight excluding hydrogens is 282 g/mol. The number of benzene rings is 2. The predicted molar refractivity (Wildman–Crippen MR) is 77.1 cm³/mol. The highest BCUT2D eigenvalue weighted by Gasteiger charge is 2.16. The first kappa shape index (κ1) is 14.3. The Balaban J connectivity index is 2.72. The molecule has 0 bridgehead atoms. The Kier molecular flexibility index (Phi) is 4.20. The Hall–Kier alpha value is -2.14. The van der Waals surface area contributed by atoms with Gasteiger partial charge in [0.1, 0.15) is 5.75 Å². The SMILES string of the molecule is CNC(=O)Oc1cc(OC)c(OC)c2ccc(Cl)cc12. The largest absolute Gasteiger partial charge is 0.493 e. The topological polar surface area (TPSA) is 56.8 Å². The fourth-order valence-corrected chi connectivity index (χ4v) is 2.08. The highest BCUT2D eigenvalue weighted by Crippen LogP contribution is 2.42. The number of fused-ring (bicyclic) bond motifs is 1. The molecule has 0 saturated heterocycles. The van der Waals surface area contributed by atoms with E-state index in [4.69, 9.17) is 25.8 Å². The van der Waals surface area contributed by atoms with E-state index in [0.717, 1.165) is 5.39 Å². The van der Waals surface area contributed by atoms with E-state index in [0.29, 0.717) is 27.7 Å². The van der Waals surface area contributed by atoms with Gasteiger partial charge in [0, 0.05) is 28.9 Å². The molecule has 6 heteroatoms. The Labute approximate surface area is 121 Å². The van der Waals surface area contributed by atoms with Crippen LogP contribution in [0.25, 0.3) is 10.8 Å². The third kappa shape index (κ3) is 2.58. The van der Waals surface area contributed by atoms with Crippen LogP contribution in [0.4, 0.5) is 4.79 Å². The number of halogens is 1. The van der Waals surface area contributed by atoms with Crippen molar-refractivity contribution in [1.82, 2.24) is 5.32 Å². The molecule has 1 amide bonds. The summed E-state index contributed by atoms with van der Waals surface area (Å²) in [5.74, 6) is 1.38. The number of ether oxygens (including phenoxy) is 3. The standard InChI is InChI=1S/C14H14ClNO4/c1-16-14(17)20-11-7-12(18-2)13(19-3)9-5-4-8(15)6-10(9)11/h4-7H,1-3H3,(H,16,17). The molecule has 1 N–H and O–H groups in total. The van der Waals surface area contributed by atoms with Gasteiger partial charge in [-0.2, -0.15) is 0 Å². The zero-order valence-electron chi connectivity index (χ0n) is 11.3. The predicted octanol–water partition coefficient (Wildman–Crippen LogP) is 3.23. The lowest BCUT2D eigenvalue weighted by molar-refractivity contribution is 0.203. The summed E-state index contributed by atoms with van der Waals surface area (Å²) in [4.78, 5) is 11.4. The molecule has 5 nitrogen and oxygen atoms in total. The normalized spacial score (nSPS) is 10.2. The van der Waals surface area contributed by atoms with Crippen molar-refractivity contribution in [3.05, 3.63) is 29.3 Å². The fourth-order valence-electron chi connectivity index (χ4n) is 1.91. The van der Waals surface area contributed by atoms with E-state index in [1.165, 1.54) is 14.2 Å². The summed E-state index contributed by atoms with van der Waals surface area (Å²) in [6, 6.07) is 6.81.